The van der Waals surface area contributed by atoms with Gasteiger partial charge in [-0.2, -0.15) is 0 Å². The molecule has 1 heterocycles. The van der Waals surface area contributed by atoms with Crippen LogP contribution in [0.25, 0.3) is 0 Å². The lowest BCUT2D eigenvalue weighted by Crippen LogP contribution is -2.40. The molecular formula is C27H29N3O2. The molecule has 1 aliphatic heterocycles. The van der Waals surface area contributed by atoms with E-state index in [0.29, 0.717) is 12.1 Å². The normalized spacial score (nSPS) is 15.9. The largest absolute Gasteiger partial charge is 0.378 e. The third kappa shape index (κ3) is 4.11. The van der Waals surface area contributed by atoms with Crippen LogP contribution in [0, 0.1) is 0 Å². The van der Waals surface area contributed by atoms with E-state index in [4.69, 9.17) is 0 Å². The van der Waals surface area contributed by atoms with E-state index >= 15 is 0 Å². The van der Waals surface area contributed by atoms with E-state index in [2.05, 4.69) is 12.2 Å². The van der Waals surface area contributed by atoms with Crippen LogP contribution in [-0.4, -0.2) is 30.8 Å². The molecule has 3 aromatic rings. The number of hydrogen-bond acceptors (Lipinski definition) is 3. The minimum atomic E-state index is -0.648. The Bertz CT molecular complexity index is 1090. The Morgan fingerprint density at radius 1 is 0.969 bits per heavy atom. The number of carbonyl (C=O) groups excluding carboxylic acids is 2. The number of fused-ring (bicyclic) bond motifs is 1. The average Bonchev–Trinajstić information content (AvgIpc) is 3.11. The Kier molecular flexibility index (Phi) is 6.26. The van der Waals surface area contributed by atoms with Gasteiger partial charge in [0, 0.05) is 31.9 Å². The number of amides is 2. The van der Waals surface area contributed by atoms with Crippen molar-refractivity contribution in [3.05, 3.63) is 101 Å². The standard InChI is InChI=1S/C27H29N3O2/c1-4-24(20-10-6-5-7-11-20)30-25(22-12-8-9-13-23(22)27(30)32)26(31)28-18-19-14-16-21(17-15-19)29(2)3/h5-17,24-25H,4,18H2,1-3H3,(H,28,31). The van der Waals surface area contributed by atoms with Gasteiger partial charge < -0.3 is 15.1 Å². The summed E-state index contributed by atoms with van der Waals surface area (Å²) in [7, 11) is 3.99. The van der Waals surface area contributed by atoms with E-state index in [1.54, 1.807) is 4.90 Å². The lowest BCUT2D eigenvalue weighted by Gasteiger charge is -2.32. The summed E-state index contributed by atoms with van der Waals surface area (Å²) in [6, 6.07) is 24.7. The van der Waals surface area contributed by atoms with Gasteiger partial charge in [0.1, 0.15) is 6.04 Å². The topological polar surface area (TPSA) is 52.7 Å². The van der Waals surface area contributed by atoms with Crippen LogP contribution in [0.15, 0.2) is 78.9 Å². The SMILES string of the molecule is CCC(c1ccccc1)N1C(=O)c2ccccc2C1C(=O)NCc1ccc(N(C)C)cc1. The summed E-state index contributed by atoms with van der Waals surface area (Å²) in [5.41, 5.74) is 4.54. The Morgan fingerprint density at radius 2 is 1.62 bits per heavy atom. The van der Waals surface area contributed by atoms with Gasteiger partial charge in [-0.1, -0.05) is 67.6 Å². The van der Waals surface area contributed by atoms with Crippen LogP contribution in [0.4, 0.5) is 5.69 Å². The van der Waals surface area contributed by atoms with Crippen LogP contribution in [0.5, 0.6) is 0 Å². The van der Waals surface area contributed by atoms with Crippen LogP contribution < -0.4 is 10.2 Å². The fourth-order valence-electron chi connectivity index (χ4n) is 4.39. The first-order valence-electron chi connectivity index (χ1n) is 11.0. The second-order valence-corrected chi connectivity index (χ2v) is 8.32. The van der Waals surface area contributed by atoms with Gasteiger partial charge in [-0.25, -0.2) is 0 Å². The van der Waals surface area contributed by atoms with E-state index in [0.717, 1.165) is 28.8 Å². The van der Waals surface area contributed by atoms with Crippen LogP contribution in [0.3, 0.4) is 0 Å². The highest BCUT2D eigenvalue weighted by molar-refractivity contribution is 6.05. The highest BCUT2D eigenvalue weighted by atomic mass is 16.2. The summed E-state index contributed by atoms with van der Waals surface area (Å²) in [5.74, 6) is -0.249. The minimum Gasteiger partial charge on any atom is -0.378 e. The summed E-state index contributed by atoms with van der Waals surface area (Å²) >= 11 is 0. The summed E-state index contributed by atoms with van der Waals surface area (Å²) in [6.07, 6.45) is 0.722. The van der Waals surface area contributed by atoms with Gasteiger partial charge in [-0.15, -0.1) is 0 Å². The van der Waals surface area contributed by atoms with Crippen molar-refractivity contribution in [1.29, 1.82) is 0 Å². The summed E-state index contributed by atoms with van der Waals surface area (Å²) in [4.78, 5) is 30.6. The van der Waals surface area contributed by atoms with Crippen molar-refractivity contribution in [2.45, 2.75) is 32.0 Å². The van der Waals surface area contributed by atoms with Gasteiger partial charge in [0.15, 0.2) is 0 Å². The van der Waals surface area contributed by atoms with Gasteiger partial charge in [-0.3, -0.25) is 9.59 Å². The molecule has 0 aromatic heterocycles. The fourth-order valence-corrected chi connectivity index (χ4v) is 4.39. The molecule has 0 fully saturated rings. The van der Waals surface area contributed by atoms with Crippen LogP contribution in [0.2, 0.25) is 0 Å². The van der Waals surface area contributed by atoms with E-state index < -0.39 is 6.04 Å². The molecule has 1 N–H and O–H groups in total. The Morgan fingerprint density at radius 3 is 2.28 bits per heavy atom. The Hall–Kier alpha value is -3.60. The Labute approximate surface area is 189 Å². The van der Waals surface area contributed by atoms with E-state index in [1.165, 1.54) is 0 Å². The molecule has 2 unspecified atom stereocenters. The zero-order valence-electron chi connectivity index (χ0n) is 18.8. The van der Waals surface area contributed by atoms with Crippen molar-refractivity contribution < 1.29 is 9.59 Å². The molecule has 1 aliphatic rings. The molecule has 3 aromatic carbocycles. The van der Waals surface area contributed by atoms with Crippen LogP contribution >= 0.6 is 0 Å². The molecule has 0 bridgehead atoms. The number of carbonyl (C=O) groups is 2. The average molecular weight is 428 g/mol. The van der Waals surface area contributed by atoms with E-state index in [9.17, 15) is 9.59 Å². The highest BCUT2D eigenvalue weighted by Crippen LogP contribution is 2.41. The molecule has 0 radical (unpaired) electrons. The quantitative estimate of drug-likeness (QED) is 0.594. The van der Waals surface area contributed by atoms with Gasteiger partial charge >= 0.3 is 0 Å². The minimum absolute atomic E-state index is 0.0909. The summed E-state index contributed by atoms with van der Waals surface area (Å²) < 4.78 is 0. The number of nitrogens with zero attached hydrogens (tertiary/aromatic N) is 2. The maximum atomic E-state index is 13.5. The number of benzene rings is 3. The molecule has 5 heteroatoms. The van der Waals surface area contributed by atoms with Crippen molar-refractivity contribution in [3.8, 4) is 0 Å². The lowest BCUT2D eigenvalue weighted by molar-refractivity contribution is -0.126. The van der Waals surface area contributed by atoms with Crippen LogP contribution in [0.1, 0.15) is 52.5 Å². The first-order valence-corrected chi connectivity index (χ1v) is 11.0. The molecule has 4 rings (SSSR count). The number of anilines is 1. The highest BCUT2D eigenvalue weighted by Gasteiger charge is 2.44. The zero-order chi connectivity index (χ0) is 22.7. The Balaban J connectivity index is 1.61. The first-order chi connectivity index (χ1) is 15.5. The molecule has 0 saturated carbocycles. The molecule has 2 amide bonds. The maximum absolute atomic E-state index is 13.5. The van der Waals surface area contributed by atoms with E-state index in [-0.39, 0.29) is 17.9 Å². The number of rotatable bonds is 7. The molecular weight excluding hydrogens is 398 g/mol. The molecule has 164 valence electrons. The molecule has 0 saturated heterocycles. The second-order valence-electron chi connectivity index (χ2n) is 8.32. The van der Waals surface area contributed by atoms with Crippen molar-refractivity contribution in [2.24, 2.45) is 0 Å². The fraction of sp³-hybridized carbons (Fsp3) is 0.259. The molecule has 32 heavy (non-hydrogen) atoms. The molecule has 0 spiro atoms. The van der Waals surface area contributed by atoms with E-state index in [1.807, 2.05) is 97.9 Å². The maximum Gasteiger partial charge on any atom is 0.255 e. The van der Waals surface area contributed by atoms with Gasteiger partial charge in [0.25, 0.3) is 5.91 Å². The van der Waals surface area contributed by atoms with Crippen molar-refractivity contribution in [3.63, 3.8) is 0 Å². The van der Waals surface area contributed by atoms with Crippen molar-refractivity contribution in [1.82, 2.24) is 10.2 Å². The second kappa shape index (κ2) is 9.27. The van der Waals surface area contributed by atoms with Crippen molar-refractivity contribution in [2.75, 3.05) is 19.0 Å². The van der Waals surface area contributed by atoms with Crippen LogP contribution in [-0.2, 0) is 11.3 Å². The number of nitrogens with one attached hydrogen (secondary N) is 1. The smallest absolute Gasteiger partial charge is 0.255 e. The monoisotopic (exact) mass is 427 g/mol. The van der Waals surface area contributed by atoms with Gasteiger partial charge in [0.2, 0.25) is 5.91 Å². The van der Waals surface area contributed by atoms with Gasteiger partial charge in [0.05, 0.1) is 6.04 Å². The molecule has 2 atom stereocenters. The predicted octanol–water partition coefficient (Wildman–Crippen LogP) is 4.72. The lowest BCUT2D eigenvalue weighted by atomic mass is 10.00. The summed E-state index contributed by atoms with van der Waals surface area (Å²) in [5, 5.41) is 3.07. The molecule has 0 aliphatic carbocycles. The predicted molar refractivity (Wildman–Crippen MR) is 127 cm³/mol. The first kappa shape index (κ1) is 21.6. The van der Waals surface area contributed by atoms with Crippen molar-refractivity contribution >= 4 is 17.5 Å². The zero-order valence-corrected chi connectivity index (χ0v) is 18.8. The molecule has 5 nitrogen and oxygen atoms in total. The van der Waals surface area contributed by atoms with Gasteiger partial charge in [-0.05, 0) is 41.3 Å². The third-order valence-electron chi connectivity index (χ3n) is 6.07. The number of hydrogen-bond donors (Lipinski definition) is 1. The third-order valence-corrected chi connectivity index (χ3v) is 6.07. The summed E-state index contributed by atoms with van der Waals surface area (Å²) in [6.45, 7) is 2.46.